The molecule has 0 radical (unpaired) electrons. The molecule has 142 valence electrons. The van der Waals surface area contributed by atoms with Gasteiger partial charge < -0.3 is 20.1 Å². The summed E-state index contributed by atoms with van der Waals surface area (Å²) in [7, 11) is 0. The zero-order valence-corrected chi connectivity index (χ0v) is 16.3. The lowest BCUT2D eigenvalue weighted by Crippen LogP contribution is -2.31. The number of nitrogens with zero attached hydrogens (tertiary/aromatic N) is 3. The van der Waals surface area contributed by atoms with E-state index in [9.17, 15) is 19.5 Å². The van der Waals surface area contributed by atoms with E-state index in [4.69, 9.17) is 0 Å². The van der Waals surface area contributed by atoms with Gasteiger partial charge in [0.15, 0.2) is 4.34 Å². The van der Waals surface area contributed by atoms with Gasteiger partial charge in [0, 0.05) is 23.9 Å². The Bertz CT molecular complexity index is 885. The lowest BCUT2D eigenvalue weighted by molar-refractivity contribution is -0.304. The van der Waals surface area contributed by atoms with E-state index in [0.717, 1.165) is 34.3 Å². The summed E-state index contributed by atoms with van der Waals surface area (Å²) in [4.78, 5) is 37.2. The van der Waals surface area contributed by atoms with Crippen molar-refractivity contribution in [2.45, 2.75) is 29.9 Å². The van der Waals surface area contributed by atoms with Gasteiger partial charge in [-0.1, -0.05) is 35.2 Å². The summed E-state index contributed by atoms with van der Waals surface area (Å²) in [5, 5.41) is 20.7. The Morgan fingerprint density at radius 2 is 2.19 bits per heavy atom. The van der Waals surface area contributed by atoms with Gasteiger partial charge in [0.25, 0.3) is 0 Å². The van der Waals surface area contributed by atoms with Crippen LogP contribution in [0.25, 0.3) is 0 Å². The Hall–Kier alpha value is -2.46. The number of aryl methyl sites for hydroxylation is 1. The van der Waals surface area contributed by atoms with Crippen LogP contribution in [0, 0.1) is 12.8 Å². The molecule has 0 saturated carbocycles. The molecule has 1 fully saturated rings. The van der Waals surface area contributed by atoms with E-state index in [1.807, 2.05) is 31.2 Å². The number of rotatable bonds is 6. The molecule has 2 amide bonds. The molecule has 1 N–H and O–H groups in total. The van der Waals surface area contributed by atoms with E-state index < -0.39 is 17.1 Å². The summed E-state index contributed by atoms with van der Waals surface area (Å²) in [5.74, 6) is -2.09. The number of benzene rings is 1. The number of carboxylic acid groups (broad SMARTS) is 1. The van der Waals surface area contributed by atoms with Crippen molar-refractivity contribution in [2.24, 2.45) is 5.92 Å². The van der Waals surface area contributed by atoms with Gasteiger partial charge in [-0.3, -0.25) is 9.59 Å². The molecule has 2 heterocycles. The van der Waals surface area contributed by atoms with Gasteiger partial charge in [-0.15, -0.1) is 10.2 Å². The lowest BCUT2D eigenvalue weighted by Gasteiger charge is -2.17. The van der Waals surface area contributed by atoms with E-state index in [1.54, 1.807) is 4.90 Å². The number of nitrogens with one attached hydrogen (secondary N) is 1. The topological polar surface area (TPSA) is 115 Å². The summed E-state index contributed by atoms with van der Waals surface area (Å²) in [6.45, 7) is 3.74. The fourth-order valence-electron chi connectivity index (χ4n) is 2.64. The first-order valence-corrected chi connectivity index (χ1v) is 9.92. The Morgan fingerprint density at radius 1 is 1.41 bits per heavy atom. The molecule has 1 saturated heterocycles. The Labute approximate surface area is 164 Å². The SMILES string of the molecule is Cc1cccc(N2C[C@H](C(=O)Nc3nnc(S[C@@H](C)C(=O)[O-])s3)CC2=O)c1. The monoisotopic (exact) mass is 405 g/mol. The highest BCUT2D eigenvalue weighted by atomic mass is 32.2. The van der Waals surface area contributed by atoms with E-state index in [-0.39, 0.29) is 23.4 Å². The van der Waals surface area contributed by atoms with Crippen LogP contribution in [0.5, 0.6) is 0 Å². The van der Waals surface area contributed by atoms with Crippen molar-refractivity contribution >= 4 is 51.7 Å². The molecule has 1 aliphatic rings. The van der Waals surface area contributed by atoms with Crippen LogP contribution < -0.4 is 15.3 Å². The van der Waals surface area contributed by atoms with Crippen LogP contribution in [0.15, 0.2) is 28.6 Å². The van der Waals surface area contributed by atoms with Crippen LogP contribution in [0.4, 0.5) is 10.8 Å². The summed E-state index contributed by atoms with van der Waals surface area (Å²) in [6, 6.07) is 7.57. The van der Waals surface area contributed by atoms with Gasteiger partial charge in [0.1, 0.15) is 0 Å². The third-order valence-electron chi connectivity index (χ3n) is 4.06. The third-order valence-corrected chi connectivity index (χ3v) is 6.06. The molecule has 0 unspecified atom stereocenters. The maximum atomic E-state index is 12.5. The maximum Gasteiger partial charge on any atom is 0.231 e. The second kappa shape index (κ2) is 8.05. The molecule has 1 aromatic heterocycles. The molecule has 3 rings (SSSR count). The molecule has 27 heavy (non-hydrogen) atoms. The maximum absolute atomic E-state index is 12.5. The summed E-state index contributed by atoms with van der Waals surface area (Å²) < 4.78 is 0.422. The largest absolute Gasteiger partial charge is 0.549 e. The van der Waals surface area contributed by atoms with E-state index in [2.05, 4.69) is 15.5 Å². The number of aliphatic carboxylic acids is 1. The number of amides is 2. The molecular formula is C17H17N4O4S2-. The predicted molar refractivity (Wildman–Crippen MR) is 101 cm³/mol. The number of hydrogen-bond acceptors (Lipinski definition) is 8. The third kappa shape index (κ3) is 4.64. The van der Waals surface area contributed by atoms with Crippen molar-refractivity contribution < 1.29 is 19.5 Å². The van der Waals surface area contributed by atoms with Gasteiger partial charge in [-0.05, 0) is 31.5 Å². The van der Waals surface area contributed by atoms with Gasteiger partial charge in [0.05, 0.1) is 11.9 Å². The smallest absolute Gasteiger partial charge is 0.231 e. The van der Waals surface area contributed by atoms with Crippen LogP contribution >= 0.6 is 23.1 Å². The van der Waals surface area contributed by atoms with Crippen molar-refractivity contribution in [3.05, 3.63) is 29.8 Å². The Morgan fingerprint density at radius 3 is 2.89 bits per heavy atom. The van der Waals surface area contributed by atoms with Crippen molar-refractivity contribution in [2.75, 3.05) is 16.8 Å². The molecule has 0 spiro atoms. The quantitative estimate of drug-likeness (QED) is 0.564. The van der Waals surface area contributed by atoms with E-state index >= 15 is 0 Å². The Kier molecular flexibility index (Phi) is 5.76. The number of hydrogen-bond donors (Lipinski definition) is 1. The minimum atomic E-state index is -1.19. The fourth-order valence-corrected chi connectivity index (χ4v) is 4.47. The highest BCUT2D eigenvalue weighted by Gasteiger charge is 2.35. The van der Waals surface area contributed by atoms with Crippen LogP contribution in [-0.4, -0.2) is 39.8 Å². The minimum absolute atomic E-state index is 0.1000. The van der Waals surface area contributed by atoms with Gasteiger partial charge in [-0.25, -0.2) is 0 Å². The van der Waals surface area contributed by atoms with Gasteiger partial charge >= 0.3 is 0 Å². The van der Waals surface area contributed by atoms with Crippen molar-refractivity contribution in [3.8, 4) is 0 Å². The predicted octanol–water partition coefficient (Wildman–Crippen LogP) is 1.07. The molecule has 10 heteroatoms. The second-order valence-corrected chi connectivity index (χ2v) is 8.75. The fraction of sp³-hybridized carbons (Fsp3) is 0.353. The number of carbonyl (C=O) groups is 3. The van der Waals surface area contributed by atoms with Crippen molar-refractivity contribution in [1.82, 2.24) is 10.2 Å². The van der Waals surface area contributed by atoms with Crippen LogP contribution in [0.2, 0.25) is 0 Å². The normalized spacial score (nSPS) is 17.8. The highest BCUT2D eigenvalue weighted by Crippen LogP contribution is 2.30. The molecule has 0 bridgehead atoms. The first kappa shape index (κ1) is 19.3. The number of aromatic nitrogens is 2. The summed E-state index contributed by atoms with van der Waals surface area (Å²) >= 11 is 2.09. The Balaban J connectivity index is 1.61. The van der Waals surface area contributed by atoms with Crippen LogP contribution in [-0.2, 0) is 14.4 Å². The standard InChI is InChI=1S/C17H18N4O4S2/c1-9-4-3-5-12(6-9)21-8-11(7-13(21)22)14(23)18-16-19-20-17(27-16)26-10(2)15(24)25/h3-6,10-11H,7-8H2,1-2H3,(H,24,25)(H,18,19,23)/p-1/t10-,11+/m0/s1. The average Bonchev–Trinajstić information content (AvgIpc) is 3.21. The van der Waals surface area contributed by atoms with Gasteiger partial charge in [0.2, 0.25) is 16.9 Å². The second-order valence-electron chi connectivity index (χ2n) is 6.19. The molecule has 2 atom stereocenters. The molecule has 1 aliphatic heterocycles. The molecule has 2 aromatic rings. The van der Waals surface area contributed by atoms with Crippen molar-refractivity contribution in [3.63, 3.8) is 0 Å². The number of carboxylic acids is 1. The van der Waals surface area contributed by atoms with E-state index in [1.165, 1.54) is 6.92 Å². The molecular weight excluding hydrogens is 388 g/mol. The first-order valence-electron chi connectivity index (χ1n) is 8.22. The molecule has 8 nitrogen and oxygen atoms in total. The number of anilines is 2. The van der Waals surface area contributed by atoms with Crippen molar-refractivity contribution in [1.29, 1.82) is 0 Å². The molecule has 0 aliphatic carbocycles. The lowest BCUT2D eigenvalue weighted by atomic mass is 10.1. The zero-order chi connectivity index (χ0) is 19.6. The highest BCUT2D eigenvalue weighted by molar-refractivity contribution is 8.02. The van der Waals surface area contributed by atoms with Gasteiger partial charge in [-0.2, -0.15) is 0 Å². The molecule has 1 aromatic carbocycles. The summed E-state index contributed by atoms with van der Waals surface area (Å²) in [5.41, 5.74) is 1.82. The number of carbonyl (C=O) groups excluding carboxylic acids is 3. The van der Waals surface area contributed by atoms with Crippen LogP contribution in [0.3, 0.4) is 0 Å². The first-order chi connectivity index (χ1) is 12.8. The number of thioether (sulfide) groups is 1. The van der Waals surface area contributed by atoms with E-state index in [0.29, 0.717) is 10.9 Å². The zero-order valence-electron chi connectivity index (χ0n) is 14.7. The van der Waals surface area contributed by atoms with Crippen LogP contribution in [0.1, 0.15) is 18.9 Å². The average molecular weight is 405 g/mol. The summed E-state index contributed by atoms with van der Waals surface area (Å²) in [6.07, 6.45) is 0.127. The minimum Gasteiger partial charge on any atom is -0.549 e.